The number of nitrogens with one attached hydrogen (secondary N) is 1. The number of thiazole rings is 1. The van der Waals surface area contributed by atoms with Gasteiger partial charge >= 0.3 is 5.69 Å². The average molecular weight is 893 g/mol. The molecule has 3 aromatic heterocycles. The SMILES string of the molecule is CN(C)C(=O)c1cc2c(F)c([C@H]3CCCN(C(=O)CCc4nccs4)C3)cc(-c3ccc(N4CCN(CCc5c(F)ccc6c5n(C)c(=O)n6C5CCC(=O)NC5=O)CC4)cc3)c2o1. The molecule has 334 valence electrons. The summed E-state index contributed by atoms with van der Waals surface area (Å²) < 4.78 is 41.0. The lowest BCUT2D eigenvalue weighted by molar-refractivity contribution is -0.136. The molecule has 0 saturated carbocycles. The fourth-order valence-electron chi connectivity index (χ4n) is 9.58. The number of carbonyl (C=O) groups excluding carboxylic acids is 4. The number of fused-ring (bicyclic) bond motifs is 2. The molecule has 17 heteroatoms. The molecule has 0 spiro atoms. The van der Waals surface area contributed by atoms with E-state index in [1.165, 1.54) is 43.6 Å². The van der Waals surface area contributed by atoms with E-state index in [0.29, 0.717) is 78.6 Å². The predicted octanol–water partition coefficient (Wildman–Crippen LogP) is 5.87. The zero-order chi connectivity index (χ0) is 44.8. The zero-order valence-electron chi connectivity index (χ0n) is 36.1. The quantitative estimate of drug-likeness (QED) is 0.158. The first kappa shape index (κ1) is 43.1. The Kier molecular flexibility index (Phi) is 11.9. The molecule has 3 aliphatic rings. The summed E-state index contributed by atoms with van der Waals surface area (Å²) in [5.41, 5.74) is 4.14. The number of amides is 4. The van der Waals surface area contributed by atoms with E-state index in [1.807, 2.05) is 40.6 Å². The molecule has 0 aliphatic carbocycles. The number of halogens is 2. The highest BCUT2D eigenvalue weighted by Crippen LogP contribution is 2.40. The molecule has 0 radical (unpaired) electrons. The van der Waals surface area contributed by atoms with Crippen LogP contribution in [0.25, 0.3) is 33.1 Å². The number of benzene rings is 3. The Labute approximate surface area is 372 Å². The van der Waals surface area contributed by atoms with E-state index in [9.17, 15) is 24.0 Å². The van der Waals surface area contributed by atoms with E-state index in [4.69, 9.17) is 4.42 Å². The maximum Gasteiger partial charge on any atom is 0.329 e. The topological polar surface area (TPSA) is 146 Å². The molecular formula is C47H50F2N8O6S. The number of furan rings is 1. The molecule has 6 aromatic rings. The molecule has 1 unspecified atom stereocenters. The third-order valence-electron chi connectivity index (χ3n) is 13.0. The van der Waals surface area contributed by atoms with E-state index < -0.39 is 29.3 Å². The number of aryl methyl sites for hydroxylation is 2. The molecular weight excluding hydrogens is 843 g/mol. The van der Waals surface area contributed by atoms with Gasteiger partial charge in [-0.15, -0.1) is 11.3 Å². The molecule has 3 aromatic carbocycles. The zero-order valence-corrected chi connectivity index (χ0v) is 36.9. The van der Waals surface area contributed by atoms with Gasteiger partial charge in [-0.2, -0.15) is 0 Å². The number of likely N-dealkylation sites (tertiary alicyclic amines) is 1. The van der Waals surface area contributed by atoms with Crippen molar-refractivity contribution in [2.24, 2.45) is 7.05 Å². The Morgan fingerprint density at radius 1 is 0.969 bits per heavy atom. The number of imide groups is 1. The predicted molar refractivity (Wildman–Crippen MR) is 240 cm³/mol. The van der Waals surface area contributed by atoms with Crippen molar-refractivity contribution in [3.8, 4) is 11.1 Å². The number of rotatable bonds is 11. The van der Waals surface area contributed by atoms with Gasteiger partial charge < -0.3 is 19.1 Å². The van der Waals surface area contributed by atoms with Crippen LogP contribution in [0, 0.1) is 11.6 Å². The summed E-state index contributed by atoms with van der Waals surface area (Å²) in [7, 11) is 4.82. The first-order valence-electron chi connectivity index (χ1n) is 21.8. The van der Waals surface area contributed by atoms with Gasteiger partial charge in [-0.1, -0.05) is 12.1 Å². The molecule has 3 aliphatic heterocycles. The van der Waals surface area contributed by atoms with Gasteiger partial charge in [0, 0.05) is 127 Å². The summed E-state index contributed by atoms with van der Waals surface area (Å²) in [6.07, 6.45) is 4.78. The fourth-order valence-corrected chi connectivity index (χ4v) is 10.2. The normalized spacial score (nSPS) is 18.6. The Bertz CT molecular complexity index is 2830. The molecule has 2 atom stereocenters. The molecule has 3 saturated heterocycles. The van der Waals surface area contributed by atoms with Crippen LogP contribution in [0.2, 0.25) is 0 Å². The largest absolute Gasteiger partial charge is 0.450 e. The van der Waals surface area contributed by atoms with Crippen molar-refractivity contribution in [3.05, 3.63) is 104 Å². The first-order chi connectivity index (χ1) is 30.9. The van der Waals surface area contributed by atoms with Crippen molar-refractivity contribution in [3.63, 3.8) is 0 Å². The minimum absolute atomic E-state index is 0.0269. The van der Waals surface area contributed by atoms with Crippen molar-refractivity contribution in [2.75, 3.05) is 64.8 Å². The van der Waals surface area contributed by atoms with Crippen molar-refractivity contribution < 1.29 is 32.4 Å². The standard InChI is InChI=1S/C47H50F2N8O6S/c1-52(2)46(61)38-26-34-42(49)32(29-5-4-18-56(27-29)41(59)15-14-40-50-17-24-64-40)25-33(44(34)63-38)28-6-8-30(9-7-28)55-22-20-54(21-23-55)19-16-31-35(48)10-11-36-43(31)53(3)47(62)57(36)37-12-13-39(58)51-45(37)60/h6-11,17,24-26,29,37H,4-5,12-16,18-23,27H2,1-3H3,(H,51,58,60)/t29-,37?/m0/s1. The number of piperazine rings is 1. The number of piperidine rings is 2. The highest BCUT2D eigenvalue weighted by atomic mass is 32.1. The second-order valence-electron chi connectivity index (χ2n) is 17.2. The summed E-state index contributed by atoms with van der Waals surface area (Å²) in [6, 6.07) is 13.4. The van der Waals surface area contributed by atoms with Crippen LogP contribution in [0.4, 0.5) is 14.5 Å². The van der Waals surface area contributed by atoms with E-state index in [1.54, 1.807) is 27.3 Å². The van der Waals surface area contributed by atoms with E-state index >= 15 is 8.78 Å². The lowest BCUT2D eigenvalue weighted by atomic mass is 9.87. The van der Waals surface area contributed by atoms with Gasteiger partial charge in [-0.25, -0.2) is 18.6 Å². The van der Waals surface area contributed by atoms with E-state index in [-0.39, 0.29) is 47.6 Å². The summed E-state index contributed by atoms with van der Waals surface area (Å²) in [4.78, 5) is 76.3. The van der Waals surface area contributed by atoms with Crippen molar-refractivity contribution >= 4 is 62.7 Å². The summed E-state index contributed by atoms with van der Waals surface area (Å²) in [5, 5.41) is 5.36. The Morgan fingerprint density at radius 2 is 1.75 bits per heavy atom. The molecule has 6 heterocycles. The Morgan fingerprint density at radius 3 is 2.47 bits per heavy atom. The number of aromatic nitrogens is 3. The van der Waals surface area contributed by atoms with Gasteiger partial charge in [-0.3, -0.25) is 38.5 Å². The van der Waals surface area contributed by atoms with Crippen LogP contribution in [0.5, 0.6) is 0 Å². The maximum absolute atomic E-state index is 16.6. The second kappa shape index (κ2) is 17.8. The lowest BCUT2D eigenvalue weighted by Gasteiger charge is -2.36. The van der Waals surface area contributed by atoms with Crippen LogP contribution in [-0.4, -0.2) is 112 Å². The third kappa shape index (κ3) is 8.22. The molecule has 4 amide bonds. The minimum atomic E-state index is -0.850. The summed E-state index contributed by atoms with van der Waals surface area (Å²) >= 11 is 1.53. The van der Waals surface area contributed by atoms with Gasteiger partial charge in [-0.05, 0) is 67.1 Å². The molecule has 14 nitrogen and oxygen atoms in total. The van der Waals surface area contributed by atoms with Gasteiger partial charge in [0.05, 0.1) is 21.4 Å². The van der Waals surface area contributed by atoms with Gasteiger partial charge in [0.15, 0.2) is 5.76 Å². The van der Waals surface area contributed by atoms with Gasteiger partial charge in [0.2, 0.25) is 17.7 Å². The summed E-state index contributed by atoms with van der Waals surface area (Å²) in [5.74, 6) is -2.31. The summed E-state index contributed by atoms with van der Waals surface area (Å²) in [6.45, 7) is 4.45. The Balaban J connectivity index is 0.904. The van der Waals surface area contributed by atoms with Gasteiger partial charge in [0.25, 0.3) is 5.91 Å². The van der Waals surface area contributed by atoms with Crippen molar-refractivity contribution in [2.45, 2.75) is 56.9 Å². The molecule has 1 N–H and O–H groups in total. The average Bonchev–Trinajstić information content (AvgIpc) is 4.05. The third-order valence-corrected chi connectivity index (χ3v) is 13.9. The number of nitrogens with zero attached hydrogens (tertiary/aromatic N) is 7. The van der Waals surface area contributed by atoms with E-state index in [2.05, 4.69) is 20.1 Å². The smallest absolute Gasteiger partial charge is 0.329 e. The molecule has 9 rings (SSSR count). The fraction of sp³-hybridized carbons (Fsp3) is 0.404. The number of anilines is 1. The second-order valence-corrected chi connectivity index (χ2v) is 18.2. The monoisotopic (exact) mass is 892 g/mol. The number of hydrogen-bond acceptors (Lipinski definition) is 10. The van der Waals surface area contributed by atoms with Crippen LogP contribution < -0.4 is 15.9 Å². The molecule has 0 bridgehead atoms. The van der Waals surface area contributed by atoms with Crippen LogP contribution in [0.15, 0.2) is 69.3 Å². The lowest BCUT2D eigenvalue weighted by Crippen LogP contribution is -2.47. The Hall–Kier alpha value is -6.20. The van der Waals surface area contributed by atoms with E-state index in [0.717, 1.165) is 48.9 Å². The van der Waals surface area contributed by atoms with Gasteiger partial charge in [0.1, 0.15) is 23.3 Å². The maximum atomic E-state index is 16.6. The van der Waals surface area contributed by atoms with Crippen molar-refractivity contribution in [1.29, 1.82) is 0 Å². The van der Waals surface area contributed by atoms with Crippen LogP contribution in [0.3, 0.4) is 0 Å². The molecule has 64 heavy (non-hydrogen) atoms. The number of carbonyl (C=O) groups is 4. The number of imidazole rings is 1. The highest BCUT2D eigenvalue weighted by molar-refractivity contribution is 7.09. The number of hydrogen-bond donors (Lipinski definition) is 1. The van der Waals surface area contributed by atoms with Crippen LogP contribution >= 0.6 is 11.3 Å². The van der Waals surface area contributed by atoms with Crippen LogP contribution in [0.1, 0.15) is 70.8 Å². The first-order valence-corrected chi connectivity index (χ1v) is 22.7. The molecule has 3 fully saturated rings. The highest BCUT2D eigenvalue weighted by Gasteiger charge is 2.33. The van der Waals surface area contributed by atoms with Crippen LogP contribution in [-0.2, 0) is 34.3 Å². The minimum Gasteiger partial charge on any atom is -0.450 e. The van der Waals surface area contributed by atoms with Crippen molar-refractivity contribution in [1.82, 2.24) is 34.1 Å².